The van der Waals surface area contributed by atoms with E-state index < -0.39 is 0 Å². The van der Waals surface area contributed by atoms with E-state index in [-0.39, 0.29) is 11.0 Å². The first-order valence-corrected chi connectivity index (χ1v) is 12.2. The fourth-order valence-electron chi connectivity index (χ4n) is 2.93. The zero-order valence-corrected chi connectivity index (χ0v) is 21.5. The molecule has 0 fully saturated rings. The van der Waals surface area contributed by atoms with Crippen LogP contribution in [0, 0.1) is 3.57 Å². The topological polar surface area (TPSA) is 63.2 Å². The van der Waals surface area contributed by atoms with Gasteiger partial charge in [0.25, 0.3) is 5.91 Å². The number of rotatable bonds is 4. The second kappa shape index (κ2) is 9.60. The van der Waals surface area contributed by atoms with Crippen molar-refractivity contribution in [3.8, 4) is 16.3 Å². The highest BCUT2D eigenvalue weighted by molar-refractivity contribution is 14.1. The second-order valence-electron chi connectivity index (χ2n) is 6.43. The molecule has 4 rings (SSSR count). The molecule has 4 aromatic rings. The summed E-state index contributed by atoms with van der Waals surface area (Å²) in [5, 5.41) is 6.97. The minimum absolute atomic E-state index is 0.209. The number of hydrogen-bond acceptors (Lipinski definition) is 5. The minimum atomic E-state index is -0.312. The highest BCUT2D eigenvalue weighted by Gasteiger charge is 2.15. The number of thiazole rings is 1. The summed E-state index contributed by atoms with van der Waals surface area (Å²) in [6, 6.07) is 19.1. The Morgan fingerprint density at radius 3 is 2.71 bits per heavy atom. The van der Waals surface area contributed by atoms with Crippen LogP contribution in [-0.4, -0.2) is 23.1 Å². The Labute approximate surface area is 210 Å². The highest BCUT2D eigenvalue weighted by Crippen LogP contribution is 2.35. The summed E-state index contributed by atoms with van der Waals surface area (Å²) in [4.78, 5) is 17.4. The van der Waals surface area contributed by atoms with E-state index in [1.807, 2.05) is 36.4 Å². The van der Waals surface area contributed by atoms with E-state index in [0.717, 1.165) is 30.0 Å². The number of para-hydroxylation sites is 1. The molecule has 1 amide bonds. The van der Waals surface area contributed by atoms with Crippen molar-refractivity contribution in [2.45, 2.75) is 0 Å². The average Bonchev–Trinajstić information content (AvgIpc) is 3.19. The molecule has 0 saturated heterocycles. The van der Waals surface area contributed by atoms with Crippen LogP contribution in [0.25, 0.3) is 20.8 Å². The monoisotopic (exact) mass is 623 g/mol. The van der Waals surface area contributed by atoms with E-state index in [1.54, 1.807) is 36.6 Å². The molecule has 5 nitrogen and oxygen atoms in total. The van der Waals surface area contributed by atoms with Crippen LogP contribution in [-0.2, 0) is 0 Å². The van der Waals surface area contributed by atoms with Gasteiger partial charge in [0.2, 0.25) is 0 Å². The molecule has 0 saturated carbocycles. The maximum Gasteiger partial charge on any atom is 0.257 e. The number of halogens is 2. The Hall–Kier alpha value is -2.08. The molecule has 0 aliphatic carbocycles. The number of ether oxygens (including phenoxy) is 1. The third-order valence-corrected chi connectivity index (χ3v) is 6.96. The molecule has 0 atom stereocenters. The normalized spacial score (nSPS) is 10.7. The number of benzene rings is 3. The molecule has 1 heterocycles. The molecule has 9 heteroatoms. The van der Waals surface area contributed by atoms with Crippen LogP contribution in [0.3, 0.4) is 0 Å². The fourth-order valence-corrected chi connectivity index (χ4v) is 5.16. The summed E-state index contributed by atoms with van der Waals surface area (Å²) >= 11 is 12.7. The molecule has 1 aromatic heterocycles. The van der Waals surface area contributed by atoms with Crippen molar-refractivity contribution in [3.63, 3.8) is 0 Å². The lowest BCUT2D eigenvalue weighted by molar-refractivity contribution is 0.0977. The number of carbonyl (C=O) groups is 1. The predicted molar refractivity (Wildman–Crippen MR) is 142 cm³/mol. The summed E-state index contributed by atoms with van der Waals surface area (Å²) in [6.45, 7) is 0. The summed E-state index contributed by atoms with van der Waals surface area (Å²) in [7, 11) is 1.57. The lowest BCUT2D eigenvalue weighted by atomic mass is 10.2. The van der Waals surface area contributed by atoms with Gasteiger partial charge in [-0.05, 0) is 99.3 Å². The van der Waals surface area contributed by atoms with Gasteiger partial charge in [-0.3, -0.25) is 10.1 Å². The van der Waals surface area contributed by atoms with Gasteiger partial charge in [-0.15, -0.1) is 11.3 Å². The Kier molecular flexibility index (Phi) is 6.85. The van der Waals surface area contributed by atoms with Crippen LogP contribution in [0.1, 0.15) is 10.4 Å². The van der Waals surface area contributed by atoms with E-state index in [2.05, 4.69) is 55.2 Å². The molecule has 2 N–H and O–H groups in total. The van der Waals surface area contributed by atoms with Crippen LogP contribution < -0.4 is 15.4 Å². The average molecular weight is 624 g/mol. The first-order chi connectivity index (χ1) is 14.9. The minimum Gasteiger partial charge on any atom is -0.496 e. The van der Waals surface area contributed by atoms with E-state index >= 15 is 0 Å². The second-order valence-corrected chi connectivity index (χ2v) is 9.97. The van der Waals surface area contributed by atoms with Gasteiger partial charge in [-0.25, -0.2) is 4.98 Å². The van der Waals surface area contributed by atoms with Gasteiger partial charge in [-0.2, -0.15) is 0 Å². The predicted octanol–water partition coefficient (Wildman–Crippen LogP) is 6.47. The third-order valence-electron chi connectivity index (χ3n) is 4.40. The molecule has 156 valence electrons. The van der Waals surface area contributed by atoms with Gasteiger partial charge in [-0.1, -0.05) is 12.1 Å². The number of methoxy groups -OCH3 is 1. The van der Waals surface area contributed by atoms with Gasteiger partial charge < -0.3 is 10.1 Å². The van der Waals surface area contributed by atoms with E-state index in [1.165, 1.54) is 0 Å². The first kappa shape index (κ1) is 22.1. The summed E-state index contributed by atoms with van der Waals surface area (Å²) in [5.41, 5.74) is 3.12. The van der Waals surface area contributed by atoms with Crippen molar-refractivity contribution in [1.82, 2.24) is 10.3 Å². The molecule has 0 unspecified atom stereocenters. The number of hydrogen-bond donors (Lipinski definition) is 2. The van der Waals surface area contributed by atoms with Crippen LogP contribution in [0.2, 0.25) is 0 Å². The summed E-state index contributed by atoms with van der Waals surface area (Å²) in [6.07, 6.45) is 0. The molecule has 0 bridgehead atoms. The van der Waals surface area contributed by atoms with E-state index in [9.17, 15) is 4.79 Å². The molecule has 3 aromatic carbocycles. The third kappa shape index (κ3) is 5.05. The first-order valence-electron chi connectivity index (χ1n) is 9.06. The van der Waals surface area contributed by atoms with Gasteiger partial charge in [0, 0.05) is 14.7 Å². The maximum atomic E-state index is 12.6. The lowest BCUT2D eigenvalue weighted by Gasteiger charge is -2.13. The number of nitrogens with zero attached hydrogens (tertiary/aromatic N) is 1. The van der Waals surface area contributed by atoms with Gasteiger partial charge >= 0.3 is 0 Å². The van der Waals surface area contributed by atoms with Crippen LogP contribution in [0.15, 0.2) is 65.1 Å². The Bertz CT molecular complexity index is 1280. The summed E-state index contributed by atoms with van der Waals surface area (Å²) < 4.78 is 8.09. The van der Waals surface area contributed by atoms with Crippen LogP contribution in [0.4, 0.5) is 5.69 Å². The van der Waals surface area contributed by atoms with E-state index in [0.29, 0.717) is 15.8 Å². The number of aromatic nitrogens is 1. The van der Waals surface area contributed by atoms with Crippen molar-refractivity contribution >= 4 is 89.0 Å². The fraction of sp³-hybridized carbons (Fsp3) is 0.0455. The number of nitrogens with one attached hydrogen (secondary N) is 2. The van der Waals surface area contributed by atoms with Crippen molar-refractivity contribution < 1.29 is 9.53 Å². The molecule has 0 spiro atoms. The van der Waals surface area contributed by atoms with Crippen LogP contribution in [0.5, 0.6) is 5.75 Å². The molecular weight excluding hydrogens is 609 g/mol. The Balaban J connectivity index is 1.56. The number of fused-ring (bicyclic) bond motifs is 1. The zero-order chi connectivity index (χ0) is 22.0. The highest BCUT2D eigenvalue weighted by atomic mass is 127. The van der Waals surface area contributed by atoms with Crippen molar-refractivity contribution in [2.75, 3.05) is 12.4 Å². The standard InChI is InChI=1S/C22H15BrIN3O2S2/c1-29-18-9-6-12(10-15(18)23)20(28)27-22(30)26-16-8-7-13(24)11-14(16)21-25-17-4-2-3-5-19(17)31-21/h2-11H,1H3,(H2,26,27,28,30). The maximum absolute atomic E-state index is 12.6. The Morgan fingerprint density at radius 2 is 1.97 bits per heavy atom. The van der Waals surface area contributed by atoms with Gasteiger partial charge in [0.05, 0.1) is 27.5 Å². The molecule has 31 heavy (non-hydrogen) atoms. The number of thiocarbonyl (C=S) groups is 1. The van der Waals surface area contributed by atoms with Crippen molar-refractivity contribution in [1.29, 1.82) is 0 Å². The molecule has 0 aliphatic rings. The molecule has 0 aliphatic heterocycles. The van der Waals surface area contributed by atoms with Crippen molar-refractivity contribution in [2.24, 2.45) is 0 Å². The van der Waals surface area contributed by atoms with Gasteiger partial charge in [0.1, 0.15) is 10.8 Å². The molecular formula is C22H15BrIN3O2S2. The number of anilines is 1. The zero-order valence-electron chi connectivity index (χ0n) is 16.1. The van der Waals surface area contributed by atoms with Crippen molar-refractivity contribution in [3.05, 3.63) is 74.3 Å². The summed E-state index contributed by atoms with van der Waals surface area (Å²) in [5.74, 6) is 0.338. The van der Waals surface area contributed by atoms with Gasteiger partial charge in [0.15, 0.2) is 5.11 Å². The smallest absolute Gasteiger partial charge is 0.257 e. The number of carbonyl (C=O) groups excluding carboxylic acids is 1. The molecule has 0 radical (unpaired) electrons. The number of amides is 1. The SMILES string of the molecule is COc1ccc(C(=O)NC(=S)Nc2ccc(I)cc2-c2nc3ccccc3s2)cc1Br. The van der Waals surface area contributed by atoms with Crippen LogP contribution >= 0.6 is 62.1 Å². The largest absolute Gasteiger partial charge is 0.496 e. The quantitative estimate of drug-likeness (QED) is 0.202. The lowest BCUT2D eigenvalue weighted by Crippen LogP contribution is -2.34. The van der Waals surface area contributed by atoms with E-state index in [4.69, 9.17) is 21.9 Å². The Morgan fingerprint density at radius 1 is 1.16 bits per heavy atom.